The minimum Gasteiger partial charge on any atom is -0.0622 e. The summed E-state index contributed by atoms with van der Waals surface area (Å²) in [5.74, 6) is 0. The lowest BCUT2D eigenvalue weighted by Crippen LogP contribution is -1.98. The van der Waals surface area contributed by atoms with Gasteiger partial charge in [0, 0.05) is 0 Å². The van der Waals surface area contributed by atoms with Gasteiger partial charge in [-0.2, -0.15) is 0 Å². The third-order valence-corrected chi connectivity index (χ3v) is 4.77. The molecule has 0 heteroatoms. The lowest BCUT2D eigenvalue weighted by molar-refractivity contribution is 1.09. The molecule has 4 aromatic rings. The molecular formula is C27H23. The molecule has 0 aliphatic rings. The van der Waals surface area contributed by atoms with Gasteiger partial charge in [0.05, 0.1) is 0 Å². The summed E-state index contributed by atoms with van der Waals surface area (Å²) in [4.78, 5) is 0. The molecule has 0 aliphatic heterocycles. The lowest BCUT2D eigenvalue weighted by atomic mass is 9.94. The molecule has 0 amide bonds. The maximum Gasteiger partial charge on any atom is -0.00194 e. The highest BCUT2D eigenvalue weighted by Gasteiger charge is 2.06. The van der Waals surface area contributed by atoms with Crippen molar-refractivity contribution in [2.75, 3.05) is 0 Å². The second-order valence-corrected chi connectivity index (χ2v) is 7.03. The highest BCUT2D eigenvalue weighted by Crippen LogP contribution is 2.19. The van der Waals surface area contributed by atoms with E-state index in [0.717, 1.165) is 19.3 Å². The van der Waals surface area contributed by atoms with E-state index in [0.29, 0.717) is 0 Å². The third kappa shape index (κ3) is 4.95. The van der Waals surface area contributed by atoms with Crippen LogP contribution in [0.5, 0.6) is 0 Å². The largest absolute Gasteiger partial charge is 0.0622 e. The fourth-order valence-corrected chi connectivity index (χ4v) is 3.52. The SMILES string of the molecule is [c]1c(Cc2ccccc2)cc(Cc2ccccc2)cc1Cc1ccccc1. The molecule has 4 rings (SSSR count). The Labute approximate surface area is 162 Å². The Bertz CT molecular complexity index is 826. The zero-order valence-corrected chi connectivity index (χ0v) is 15.4. The van der Waals surface area contributed by atoms with Gasteiger partial charge in [-0.3, -0.25) is 0 Å². The van der Waals surface area contributed by atoms with Crippen molar-refractivity contribution in [1.82, 2.24) is 0 Å². The Balaban J connectivity index is 1.64. The van der Waals surface area contributed by atoms with Gasteiger partial charge in [0.25, 0.3) is 0 Å². The number of benzene rings is 4. The van der Waals surface area contributed by atoms with Crippen LogP contribution in [0, 0.1) is 6.07 Å². The van der Waals surface area contributed by atoms with Gasteiger partial charge < -0.3 is 0 Å². The molecule has 0 spiro atoms. The Hall–Kier alpha value is -3.12. The van der Waals surface area contributed by atoms with Crippen molar-refractivity contribution in [1.29, 1.82) is 0 Å². The fraction of sp³-hybridized carbons (Fsp3) is 0.111. The number of hydrogen-bond acceptors (Lipinski definition) is 0. The van der Waals surface area contributed by atoms with Crippen molar-refractivity contribution >= 4 is 0 Å². The first kappa shape index (κ1) is 17.3. The zero-order valence-electron chi connectivity index (χ0n) is 15.4. The van der Waals surface area contributed by atoms with Crippen LogP contribution in [-0.2, 0) is 19.3 Å². The van der Waals surface area contributed by atoms with E-state index in [1.54, 1.807) is 0 Å². The van der Waals surface area contributed by atoms with E-state index in [1.165, 1.54) is 33.4 Å². The molecule has 27 heavy (non-hydrogen) atoms. The Morgan fingerprint density at radius 1 is 0.407 bits per heavy atom. The van der Waals surface area contributed by atoms with Crippen molar-refractivity contribution in [3.05, 3.63) is 143 Å². The van der Waals surface area contributed by atoms with Crippen LogP contribution in [0.25, 0.3) is 0 Å². The number of hydrogen-bond donors (Lipinski definition) is 0. The molecule has 0 bridgehead atoms. The van der Waals surface area contributed by atoms with Crippen LogP contribution in [-0.4, -0.2) is 0 Å². The molecule has 0 aromatic heterocycles. The van der Waals surface area contributed by atoms with E-state index < -0.39 is 0 Å². The minimum absolute atomic E-state index is 0.922. The smallest absolute Gasteiger partial charge is 0.00194 e. The lowest BCUT2D eigenvalue weighted by Gasteiger charge is -2.11. The molecule has 0 atom stereocenters. The van der Waals surface area contributed by atoms with Gasteiger partial charge in [0.15, 0.2) is 0 Å². The summed E-state index contributed by atoms with van der Waals surface area (Å²) in [5, 5.41) is 0. The molecular weight excluding hydrogens is 324 g/mol. The molecule has 0 nitrogen and oxygen atoms in total. The summed E-state index contributed by atoms with van der Waals surface area (Å²) in [5.41, 5.74) is 7.89. The van der Waals surface area contributed by atoms with Gasteiger partial charge in [0.1, 0.15) is 0 Å². The molecule has 1 radical (unpaired) electrons. The van der Waals surface area contributed by atoms with Crippen molar-refractivity contribution in [3.8, 4) is 0 Å². The van der Waals surface area contributed by atoms with Crippen LogP contribution in [0.3, 0.4) is 0 Å². The van der Waals surface area contributed by atoms with Crippen molar-refractivity contribution in [3.63, 3.8) is 0 Å². The van der Waals surface area contributed by atoms with Crippen LogP contribution < -0.4 is 0 Å². The van der Waals surface area contributed by atoms with Gasteiger partial charge in [-0.05, 0) is 58.7 Å². The van der Waals surface area contributed by atoms with E-state index in [2.05, 4.69) is 109 Å². The van der Waals surface area contributed by atoms with E-state index in [-0.39, 0.29) is 0 Å². The number of rotatable bonds is 6. The van der Waals surface area contributed by atoms with E-state index in [4.69, 9.17) is 0 Å². The fourth-order valence-electron chi connectivity index (χ4n) is 3.52. The Morgan fingerprint density at radius 2 is 0.778 bits per heavy atom. The molecule has 0 unspecified atom stereocenters. The summed E-state index contributed by atoms with van der Waals surface area (Å²) in [7, 11) is 0. The third-order valence-electron chi connectivity index (χ3n) is 4.77. The summed E-state index contributed by atoms with van der Waals surface area (Å²) in [6, 6.07) is 40.3. The molecule has 0 heterocycles. The van der Waals surface area contributed by atoms with Gasteiger partial charge >= 0.3 is 0 Å². The van der Waals surface area contributed by atoms with Crippen LogP contribution in [0.1, 0.15) is 33.4 Å². The highest BCUT2D eigenvalue weighted by molar-refractivity contribution is 5.37. The van der Waals surface area contributed by atoms with Gasteiger partial charge in [0.2, 0.25) is 0 Å². The summed E-state index contributed by atoms with van der Waals surface area (Å²) in [6.45, 7) is 0. The van der Waals surface area contributed by atoms with Crippen molar-refractivity contribution in [2.24, 2.45) is 0 Å². The normalized spacial score (nSPS) is 10.7. The van der Waals surface area contributed by atoms with Crippen LogP contribution in [0.4, 0.5) is 0 Å². The maximum atomic E-state index is 3.67. The summed E-state index contributed by atoms with van der Waals surface area (Å²) >= 11 is 0. The quantitative estimate of drug-likeness (QED) is 0.386. The predicted molar refractivity (Wildman–Crippen MR) is 113 cm³/mol. The van der Waals surface area contributed by atoms with Crippen molar-refractivity contribution < 1.29 is 0 Å². The Morgan fingerprint density at radius 3 is 1.19 bits per heavy atom. The van der Waals surface area contributed by atoms with Crippen LogP contribution >= 0.6 is 0 Å². The maximum absolute atomic E-state index is 3.67. The molecule has 0 fully saturated rings. The second-order valence-electron chi connectivity index (χ2n) is 7.03. The van der Waals surface area contributed by atoms with Crippen molar-refractivity contribution in [2.45, 2.75) is 19.3 Å². The molecule has 0 saturated heterocycles. The first-order chi connectivity index (χ1) is 13.3. The predicted octanol–water partition coefficient (Wildman–Crippen LogP) is 6.26. The van der Waals surface area contributed by atoms with E-state index in [1.807, 2.05) is 0 Å². The zero-order chi connectivity index (χ0) is 18.3. The van der Waals surface area contributed by atoms with E-state index in [9.17, 15) is 0 Å². The topological polar surface area (TPSA) is 0 Å². The standard InChI is InChI=1S/C27H23/c1-4-10-22(11-5-1)16-25-19-26(17-23-12-6-2-7-13-23)21-27(20-25)18-24-14-8-3-9-15-24/h1-15,19-20H,16-18H2. The van der Waals surface area contributed by atoms with Crippen LogP contribution in [0.15, 0.2) is 103 Å². The summed E-state index contributed by atoms with van der Waals surface area (Å²) < 4.78 is 0. The first-order valence-corrected chi connectivity index (χ1v) is 9.51. The Kier molecular flexibility index (Phi) is 5.45. The van der Waals surface area contributed by atoms with Crippen LogP contribution in [0.2, 0.25) is 0 Å². The molecule has 131 valence electrons. The average Bonchev–Trinajstić information content (AvgIpc) is 2.70. The monoisotopic (exact) mass is 347 g/mol. The average molecular weight is 347 g/mol. The van der Waals surface area contributed by atoms with E-state index >= 15 is 0 Å². The molecule has 0 N–H and O–H groups in total. The highest BCUT2D eigenvalue weighted by atomic mass is 14.1. The minimum atomic E-state index is 0.922. The molecule has 0 aliphatic carbocycles. The van der Waals surface area contributed by atoms with Gasteiger partial charge in [-0.15, -0.1) is 0 Å². The molecule has 0 saturated carbocycles. The second kappa shape index (κ2) is 8.51. The first-order valence-electron chi connectivity index (χ1n) is 9.51. The molecule has 4 aromatic carbocycles. The van der Waals surface area contributed by atoms with Gasteiger partial charge in [-0.25, -0.2) is 0 Å². The summed E-state index contributed by atoms with van der Waals surface area (Å²) in [6.07, 6.45) is 2.80. The van der Waals surface area contributed by atoms with Gasteiger partial charge in [-0.1, -0.05) is 103 Å².